The number of para-hydroxylation sites is 2. The van der Waals surface area contributed by atoms with Gasteiger partial charge in [-0.3, -0.25) is 0 Å². The van der Waals surface area contributed by atoms with Crippen LogP contribution in [0.4, 0.5) is 11.4 Å². The fourth-order valence-electron chi connectivity index (χ4n) is 13.1. The number of rotatable bonds is 5. The Balaban J connectivity index is 1.02. The molecule has 5 nitrogen and oxygen atoms in total. The van der Waals surface area contributed by atoms with Crippen molar-refractivity contribution in [3.8, 4) is 16.8 Å². The molecule has 0 fully saturated rings. The molecule has 16 rings (SSSR count). The van der Waals surface area contributed by atoms with Gasteiger partial charge in [-0.1, -0.05) is 175 Å². The summed E-state index contributed by atoms with van der Waals surface area (Å²) in [6, 6.07) is 71.2. The number of benzene rings is 10. The fraction of sp³-hybridized carbons (Fsp3) is 0.127. The van der Waals surface area contributed by atoms with Gasteiger partial charge in [0.05, 0.1) is 11.0 Å². The molecule has 4 aromatic heterocycles. The lowest BCUT2D eigenvalue weighted by molar-refractivity contribution is 0.590. The van der Waals surface area contributed by atoms with Gasteiger partial charge in [0.15, 0.2) is 0 Å². The molecule has 10 aromatic carbocycles. The van der Waals surface area contributed by atoms with Gasteiger partial charge in [-0.2, -0.15) is 0 Å². The van der Waals surface area contributed by atoms with Crippen LogP contribution in [0.5, 0.6) is 0 Å². The molecule has 77 heavy (non-hydrogen) atoms. The van der Waals surface area contributed by atoms with Crippen LogP contribution in [0.3, 0.4) is 0 Å². The van der Waals surface area contributed by atoms with Crippen molar-refractivity contribution in [2.75, 3.05) is 4.81 Å². The van der Waals surface area contributed by atoms with Crippen LogP contribution in [0.2, 0.25) is 0 Å². The largest absolute Gasteiger partial charge is 0.456 e. The Bertz CT molecular complexity index is 4840. The van der Waals surface area contributed by atoms with Crippen molar-refractivity contribution < 1.29 is 13.3 Å². The average molecular weight is 993 g/mol. The third kappa shape index (κ3) is 6.48. The van der Waals surface area contributed by atoms with E-state index < -0.39 is 0 Å². The maximum atomic E-state index is 7.36. The van der Waals surface area contributed by atoms with E-state index in [9.17, 15) is 0 Å². The van der Waals surface area contributed by atoms with Crippen LogP contribution in [0.25, 0.3) is 116 Å². The van der Waals surface area contributed by atoms with Gasteiger partial charge in [-0.05, 0) is 128 Å². The molecule has 0 aliphatic carbocycles. The predicted octanol–water partition coefficient (Wildman–Crippen LogP) is 18.1. The SMILES string of the molecule is CC(C)(C)c1ccc(N2B3c4cc5oc6ccccc6c5cc4-n4c5ccc(C(C)(C)C)cc5c5c6c(oc7ccccc76)c(c3c54)-c3cc4oc5cc(C/C(=C/c6ccccc6)c6ccccc6)ccc5c4cc32)cc1. The van der Waals surface area contributed by atoms with E-state index in [-0.39, 0.29) is 17.7 Å². The van der Waals surface area contributed by atoms with Crippen molar-refractivity contribution >= 4 is 128 Å². The van der Waals surface area contributed by atoms with Crippen molar-refractivity contribution in [3.05, 3.63) is 222 Å². The van der Waals surface area contributed by atoms with Crippen LogP contribution >= 0.6 is 0 Å². The molecule has 0 saturated heterocycles. The van der Waals surface area contributed by atoms with Crippen molar-refractivity contribution in [2.45, 2.75) is 58.8 Å². The molecule has 0 saturated carbocycles. The van der Waals surface area contributed by atoms with Gasteiger partial charge in [-0.25, -0.2) is 0 Å². The quantitative estimate of drug-likeness (QED) is 0.127. The minimum absolute atomic E-state index is 0.0267. The van der Waals surface area contributed by atoms with E-state index in [1.165, 1.54) is 66.1 Å². The smallest absolute Gasteiger partial charge is 0.333 e. The fourth-order valence-corrected chi connectivity index (χ4v) is 13.1. The maximum Gasteiger partial charge on any atom is 0.333 e. The third-order valence-corrected chi connectivity index (χ3v) is 16.9. The van der Waals surface area contributed by atoms with E-state index in [2.05, 4.69) is 251 Å². The average Bonchev–Trinajstić information content (AvgIpc) is 3.75. The monoisotopic (exact) mass is 992 g/mol. The summed E-state index contributed by atoms with van der Waals surface area (Å²) in [5, 5.41) is 9.07. The van der Waals surface area contributed by atoms with Gasteiger partial charge < -0.3 is 22.6 Å². The van der Waals surface area contributed by atoms with Gasteiger partial charge in [0, 0.05) is 71.3 Å². The van der Waals surface area contributed by atoms with E-state index in [0.29, 0.717) is 0 Å². The molecule has 2 aliphatic heterocycles. The first kappa shape index (κ1) is 44.3. The third-order valence-electron chi connectivity index (χ3n) is 16.9. The molecule has 368 valence electrons. The number of hydrogen-bond acceptors (Lipinski definition) is 4. The maximum absolute atomic E-state index is 7.36. The summed E-state index contributed by atoms with van der Waals surface area (Å²) in [7, 11) is 0. The summed E-state index contributed by atoms with van der Waals surface area (Å²) in [5.41, 5.74) is 22.8. The van der Waals surface area contributed by atoms with Gasteiger partial charge in [0.1, 0.15) is 33.5 Å². The molecule has 0 bridgehead atoms. The molecule has 0 spiro atoms. The van der Waals surface area contributed by atoms with Crippen LogP contribution < -0.4 is 15.7 Å². The number of aromatic nitrogens is 1. The topological polar surface area (TPSA) is 47.6 Å². The lowest BCUT2D eigenvalue weighted by Crippen LogP contribution is -2.60. The van der Waals surface area contributed by atoms with Gasteiger partial charge in [-0.15, -0.1) is 0 Å². The molecular weight excluding hydrogens is 940 g/mol. The second kappa shape index (κ2) is 15.8. The van der Waals surface area contributed by atoms with E-state index in [4.69, 9.17) is 13.3 Å². The van der Waals surface area contributed by atoms with Crippen LogP contribution in [0, 0.1) is 0 Å². The van der Waals surface area contributed by atoms with Crippen LogP contribution in [0.15, 0.2) is 207 Å². The Kier molecular flexibility index (Phi) is 9.08. The zero-order valence-electron chi connectivity index (χ0n) is 44.0. The summed E-state index contributed by atoms with van der Waals surface area (Å²) in [6.07, 6.45) is 3.06. The van der Waals surface area contributed by atoms with Gasteiger partial charge in [0.2, 0.25) is 0 Å². The molecule has 0 amide bonds. The number of hydrogen-bond donors (Lipinski definition) is 0. The highest BCUT2D eigenvalue weighted by atomic mass is 16.3. The highest BCUT2D eigenvalue weighted by Gasteiger charge is 2.47. The summed E-state index contributed by atoms with van der Waals surface area (Å²) in [4.78, 5) is 2.61. The lowest BCUT2D eigenvalue weighted by Gasteiger charge is -2.42. The van der Waals surface area contributed by atoms with Crippen LogP contribution in [0.1, 0.15) is 69.4 Å². The first-order valence-electron chi connectivity index (χ1n) is 27.0. The second-order valence-electron chi connectivity index (χ2n) is 23.6. The van der Waals surface area contributed by atoms with E-state index in [1.807, 2.05) is 0 Å². The second-order valence-corrected chi connectivity index (χ2v) is 23.6. The number of anilines is 2. The minimum Gasteiger partial charge on any atom is -0.456 e. The van der Waals surface area contributed by atoms with E-state index in [0.717, 1.165) is 100 Å². The molecule has 0 unspecified atom stereocenters. The zero-order chi connectivity index (χ0) is 51.6. The lowest BCUT2D eigenvalue weighted by atomic mass is 9.43. The van der Waals surface area contributed by atoms with Crippen molar-refractivity contribution in [3.63, 3.8) is 0 Å². The summed E-state index contributed by atoms with van der Waals surface area (Å²) in [5.74, 6) is 0. The predicted molar refractivity (Wildman–Crippen MR) is 324 cm³/mol. The van der Waals surface area contributed by atoms with Gasteiger partial charge >= 0.3 is 6.85 Å². The molecule has 0 radical (unpaired) electrons. The van der Waals surface area contributed by atoms with Crippen LogP contribution in [-0.2, 0) is 17.3 Å². The Hall–Kier alpha value is -9.00. The van der Waals surface area contributed by atoms with Gasteiger partial charge in [0.25, 0.3) is 0 Å². The minimum atomic E-state index is -0.278. The summed E-state index contributed by atoms with van der Waals surface area (Å²) >= 11 is 0. The highest BCUT2D eigenvalue weighted by Crippen LogP contribution is 2.53. The molecular formula is C71H53BN2O3. The molecule has 6 heterocycles. The van der Waals surface area contributed by atoms with Crippen molar-refractivity contribution in [2.24, 2.45) is 0 Å². The van der Waals surface area contributed by atoms with Crippen molar-refractivity contribution in [1.29, 1.82) is 0 Å². The molecule has 6 heteroatoms. The zero-order valence-corrected chi connectivity index (χ0v) is 44.0. The normalized spacial score (nSPS) is 13.7. The van der Waals surface area contributed by atoms with E-state index >= 15 is 0 Å². The number of fused-ring (bicyclic) bond motifs is 19. The van der Waals surface area contributed by atoms with Crippen LogP contribution in [-0.4, -0.2) is 11.4 Å². The Morgan fingerprint density at radius 2 is 1.12 bits per heavy atom. The highest BCUT2D eigenvalue weighted by molar-refractivity contribution is 6.94. The molecule has 0 N–H and O–H groups in total. The number of allylic oxidation sites excluding steroid dienone is 1. The Morgan fingerprint density at radius 3 is 1.87 bits per heavy atom. The molecule has 0 atom stereocenters. The Morgan fingerprint density at radius 1 is 0.494 bits per heavy atom. The number of nitrogens with zero attached hydrogens (tertiary/aromatic N) is 2. The first-order valence-corrected chi connectivity index (χ1v) is 27.0. The van der Waals surface area contributed by atoms with Crippen molar-refractivity contribution in [1.82, 2.24) is 4.57 Å². The number of furan rings is 3. The standard InChI is InChI=1S/C71H53BN2O3/c1-70(2,3)45-26-29-47(30-27-45)74-57-37-51-49-31-25-42(34-44(43-19-11-8-12-20-43)33-41-17-9-7-10-18-41)35-61(49)76-62(51)39-54(57)66-67-68-64(65-50-22-14-16-24-60(50)77-69(65)66)53-36-46(71(4,5)6)28-32-56(53)73(68)58-38-52-48-21-13-15-23-59(48)75-63(52)40-55(58)72(67)74/h7-33,35-40H,34H2,1-6H3/b44-33-. The summed E-state index contributed by atoms with van der Waals surface area (Å²) in [6.45, 7) is 13.5. The van der Waals surface area contributed by atoms with E-state index in [1.54, 1.807) is 0 Å². The first-order chi connectivity index (χ1) is 37.4. The summed E-state index contributed by atoms with van der Waals surface area (Å²) < 4.78 is 23.9. The molecule has 2 aliphatic rings. The Labute approximate surface area is 446 Å². The molecule has 14 aromatic rings.